The number of rotatable bonds is 4. The summed E-state index contributed by atoms with van der Waals surface area (Å²) in [6, 6.07) is 6.09. The maximum absolute atomic E-state index is 12.6. The molecule has 1 amide bonds. The Bertz CT molecular complexity index is 767. The van der Waals surface area contributed by atoms with Crippen LogP contribution in [0.4, 0.5) is 0 Å². The molecule has 2 bridgehead atoms. The van der Waals surface area contributed by atoms with Gasteiger partial charge in [0, 0.05) is 29.9 Å². The predicted octanol–water partition coefficient (Wildman–Crippen LogP) is 4.18. The van der Waals surface area contributed by atoms with Crippen LogP contribution in [-0.2, 0) is 11.2 Å². The second-order valence-corrected chi connectivity index (χ2v) is 9.01. The van der Waals surface area contributed by atoms with Crippen molar-refractivity contribution in [2.24, 2.45) is 23.5 Å². The SMILES string of the molecule is Cl.NC1C2CCCC1CC(C(=O)NCCc1nc3cc(Cl)ccc3s1)C2. The Morgan fingerprint density at radius 3 is 2.77 bits per heavy atom. The summed E-state index contributed by atoms with van der Waals surface area (Å²) in [5.74, 6) is 1.42. The summed E-state index contributed by atoms with van der Waals surface area (Å²) in [6.07, 6.45) is 6.35. The lowest BCUT2D eigenvalue weighted by Gasteiger charge is -2.43. The molecule has 2 aliphatic carbocycles. The molecule has 2 aliphatic rings. The van der Waals surface area contributed by atoms with Crippen molar-refractivity contribution < 1.29 is 4.79 Å². The fraction of sp³-hybridized carbons (Fsp3) is 0.579. The summed E-state index contributed by atoms with van der Waals surface area (Å²) in [4.78, 5) is 17.2. The number of benzene rings is 1. The highest BCUT2D eigenvalue weighted by molar-refractivity contribution is 7.18. The van der Waals surface area contributed by atoms with Crippen LogP contribution in [0.25, 0.3) is 10.2 Å². The molecule has 1 aromatic carbocycles. The van der Waals surface area contributed by atoms with Gasteiger partial charge in [0.2, 0.25) is 5.91 Å². The number of hydrogen-bond acceptors (Lipinski definition) is 4. The molecular weight excluding hydrogens is 389 g/mol. The summed E-state index contributed by atoms with van der Waals surface area (Å²) in [7, 11) is 0. The second kappa shape index (κ2) is 8.42. The molecule has 142 valence electrons. The van der Waals surface area contributed by atoms with Crippen molar-refractivity contribution in [1.29, 1.82) is 0 Å². The molecule has 2 aromatic rings. The zero-order valence-corrected chi connectivity index (χ0v) is 17.0. The Balaban J connectivity index is 0.00000196. The number of amides is 1. The molecule has 4 rings (SSSR count). The predicted molar refractivity (Wildman–Crippen MR) is 110 cm³/mol. The standard InChI is InChI=1S/C19H24ClN3OS.ClH/c20-14-4-5-16-15(10-14)23-17(25-16)6-7-22-19(24)13-8-11-2-1-3-12(9-13)18(11)21;/h4-5,10-13,18H,1-3,6-9,21H2,(H,22,24);1H. The first kappa shape index (κ1) is 19.9. The second-order valence-electron chi connectivity index (χ2n) is 7.46. The van der Waals surface area contributed by atoms with Crippen LogP contribution in [0.15, 0.2) is 18.2 Å². The molecule has 2 saturated carbocycles. The largest absolute Gasteiger partial charge is 0.355 e. The smallest absolute Gasteiger partial charge is 0.223 e. The first-order valence-corrected chi connectivity index (χ1v) is 10.4. The number of nitrogens with one attached hydrogen (secondary N) is 1. The van der Waals surface area contributed by atoms with Crippen LogP contribution in [0, 0.1) is 17.8 Å². The molecule has 2 atom stereocenters. The van der Waals surface area contributed by atoms with Gasteiger partial charge in [-0.05, 0) is 55.7 Å². The molecule has 7 heteroatoms. The van der Waals surface area contributed by atoms with Gasteiger partial charge in [-0.2, -0.15) is 0 Å². The molecule has 1 aromatic heterocycles. The van der Waals surface area contributed by atoms with Gasteiger partial charge in [-0.25, -0.2) is 4.98 Å². The van der Waals surface area contributed by atoms with Crippen molar-refractivity contribution in [2.45, 2.75) is 44.6 Å². The van der Waals surface area contributed by atoms with Crippen LogP contribution in [0.2, 0.25) is 5.02 Å². The van der Waals surface area contributed by atoms with E-state index in [0.29, 0.717) is 29.4 Å². The van der Waals surface area contributed by atoms with Crippen molar-refractivity contribution >= 4 is 51.5 Å². The number of carbonyl (C=O) groups is 1. The van der Waals surface area contributed by atoms with E-state index >= 15 is 0 Å². The van der Waals surface area contributed by atoms with E-state index in [1.807, 2.05) is 18.2 Å². The minimum absolute atomic E-state index is 0. The van der Waals surface area contributed by atoms with E-state index < -0.39 is 0 Å². The summed E-state index contributed by atoms with van der Waals surface area (Å²) >= 11 is 7.68. The molecule has 1 heterocycles. The summed E-state index contributed by atoms with van der Waals surface area (Å²) in [6.45, 7) is 0.643. The van der Waals surface area contributed by atoms with Gasteiger partial charge >= 0.3 is 0 Å². The van der Waals surface area contributed by atoms with Crippen molar-refractivity contribution in [2.75, 3.05) is 6.54 Å². The molecule has 0 saturated heterocycles. The molecule has 2 fully saturated rings. The van der Waals surface area contributed by atoms with E-state index in [2.05, 4.69) is 10.3 Å². The van der Waals surface area contributed by atoms with Gasteiger partial charge in [0.05, 0.1) is 15.2 Å². The van der Waals surface area contributed by atoms with Gasteiger partial charge < -0.3 is 11.1 Å². The number of carbonyl (C=O) groups excluding carboxylic acids is 1. The average Bonchev–Trinajstić information content (AvgIpc) is 2.96. The number of hydrogen-bond donors (Lipinski definition) is 2. The number of fused-ring (bicyclic) bond motifs is 3. The Morgan fingerprint density at radius 1 is 1.31 bits per heavy atom. The van der Waals surface area contributed by atoms with Crippen LogP contribution in [-0.4, -0.2) is 23.5 Å². The lowest BCUT2D eigenvalue weighted by Crippen LogP contribution is -2.49. The molecule has 0 spiro atoms. The Morgan fingerprint density at radius 2 is 2.04 bits per heavy atom. The quantitative estimate of drug-likeness (QED) is 0.789. The highest BCUT2D eigenvalue weighted by Gasteiger charge is 2.40. The third-order valence-corrected chi connectivity index (χ3v) is 7.15. The fourth-order valence-corrected chi connectivity index (χ4v) is 5.61. The minimum Gasteiger partial charge on any atom is -0.355 e. The highest BCUT2D eigenvalue weighted by atomic mass is 35.5. The van der Waals surface area contributed by atoms with E-state index in [0.717, 1.165) is 34.5 Å². The average molecular weight is 414 g/mol. The van der Waals surface area contributed by atoms with Crippen molar-refractivity contribution in [3.63, 3.8) is 0 Å². The number of nitrogens with two attached hydrogens (primary N) is 1. The van der Waals surface area contributed by atoms with Crippen molar-refractivity contribution in [3.05, 3.63) is 28.2 Å². The molecule has 0 radical (unpaired) electrons. The van der Waals surface area contributed by atoms with Crippen LogP contribution in [0.5, 0.6) is 0 Å². The van der Waals surface area contributed by atoms with Crippen LogP contribution < -0.4 is 11.1 Å². The lowest BCUT2D eigenvalue weighted by atomic mass is 9.65. The summed E-state index contributed by atoms with van der Waals surface area (Å²) in [5.41, 5.74) is 7.26. The Hall–Kier alpha value is -0.880. The van der Waals surface area contributed by atoms with Gasteiger partial charge in [0.15, 0.2) is 0 Å². The molecule has 3 N–H and O–H groups in total. The van der Waals surface area contributed by atoms with E-state index in [1.54, 1.807) is 11.3 Å². The molecule has 26 heavy (non-hydrogen) atoms. The van der Waals surface area contributed by atoms with E-state index in [4.69, 9.17) is 17.3 Å². The molecule has 0 aliphatic heterocycles. The minimum atomic E-state index is 0. The van der Waals surface area contributed by atoms with Gasteiger partial charge in [0.25, 0.3) is 0 Å². The van der Waals surface area contributed by atoms with Crippen molar-refractivity contribution in [3.8, 4) is 0 Å². The molecule has 4 nitrogen and oxygen atoms in total. The monoisotopic (exact) mass is 413 g/mol. The number of halogens is 2. The van der Waals surface area contributed by atoms with E-state index in [-0.39, 0.29) is 24.2 Å². The van der Waals surface area contributed by atoms with Gasteiger partial charge in [0.1, 0.15) is 0 Å². The van der Waals surface area contributed by atoms with Gasteiger partial charge in [-0.3, -0.25) is 4.79 Å². The van der Waals surface area contributed by atoms with Gasteiger partial charge in [-0.1, -0.05) is 18.0 Å². The van der Waals surface area contributed by atoms with E-state index in [9.17, 15) is 4.79 Å². The molecule has 2 unspecified atom stereocenters. The summed E-state index contributed by atoms with van der Waals surface area (Å²) < 4.78 is 1.14. The first-order chi connectivity index (χ1) is 12.1. The zero-order valence-electron chi connectivity index (χ0n) is 14.6. The summed E-state index contributed by atoms with van der Waals surface area (Å²) in [5, 5.41) is 4.87. The first-order valence-electron chi connectivity index (χ1n) is 9.18. The Kier molecular flexibility index (Phi) is 6.44. The number of thiazole rings is 1. The molecular formula is C19H25Cl2N3OS. The van der Waals surface area contributed by atoms with E-state index in [1.165, 1.54) is 19.3 Å². The van der Waals surface area contributed by atoms with Crippen LogP contribution >= 0.6 is 35.3 Å². The zero-order chi connectivity index (χ0) is 17.4. The maximum atomic E-state index is 12.6. The lowest BCUT2D eigenvalue weighted by molar-refractivity contribution is -0.127. The maximum Gasteiger partial charge on any atom is 0.223 e. The highest BCUT2D eigenvalue weighted by Crippen LogP contribution is 2.41. The third kappa shape index (κ3) is 4.16. The number of aromatic nitrogens is 1. The third-order valence-electron chi connectivity index (χ3n) is 5.82. The van der Waals surface area contributed by atoms with Gasteiger partial charge in [-0.15, -0.1) is 23.7 Å². The normalized spacial score (nSPS) is 27.8. The van der Waals surface area contributed by atoms with Crippen molar-refractivity contribution in [1.82, 2.24) is 10.3 Å². The fourth-order valence-electron chi connectivity index (χ4n) is 4.50. The topological polar surface area (TPSA) is 68.0 Å². The van der Waals surface area contributed by atoms with Crippen LogP contribution in [0.1, 0.15) is 37.1 Å². The Labute approximate surface area is 169 Å². The van der Waals surface area contributed by atoms with Crippen LogP contribution in [0.3, 0.4) is 0 Å². The number of nitrogens with zero attached hydrogens (tertiary/aromatic N) is 1.